The van der Waals surface area contributed by atoms with Gasteiger partial charge in [0.15, 0.2) is 11.5 Å². The van der Waals surface area contributed by atoms with Gasteiger partial charge in [0.1, 0.15) is 60.5 Å². The van der Waals surface area contributed by atoms with Crippen LogP contribution < -0.4 is 29.8 Å². The summed E-state index contributed by atoms with van der Waals surface area (Å²) in [6.45, 7) is 4.67. The Labute approximate surface area is 527 Å². The molecule has 7 aromatic carbocycles. The topological polar surface area (TPSA) is 248 Å². The molecule has 11 aromatic rings. The quantitative estimate of drug-likeness (QED) is 0.0281. The van der Waals surface area contributed by atoms with Gasteiger partial charge in [0.25, 0.3) is 0 Å². The van der Waals surface area contributed by atoms with Crippen molar-refractivity contribution < 1.29 is 65.8 Å². The van der Waals surface area contributed by atoms with Crippen molar-refractivity contribution in [1.29, 1.82) is 0 Å². The maximum Gasteiger partial charge on any atom is 0.337 e. The van der Waals surface area contributed by atoms with Gasteiger partial charge in [-0.15, -0.1) is 10.2 Å². The van der Waals surface area contributed by atoms with Crippen LogP contribution >= 0.6 is 0 Å². The zero-order valence-corrected chi connectivity index (χ0v) is 50.4. The summed E-state index contributed by atoms with van der Waals surface area (Å²) in [5.41, 5.74) is 6.74. The van der Waals surface area contributed by atoms with Gasteiger partial charge in [0, 0.05) is 22.3 Å². The third kappa shape index (κ3) is 16.2. The summed E-state index contributed by atoms with van der Waals surface area (Å²) in [5.74, 6) is 0.917. The smallest absolute Gasteiger partial charge is 0.337 e. The minimum Gasteiger partial charge on any atom is -0.491 e. The highest BCUT2D eigenvalue weighted by molar-refractivity contribution is 5.90. The van der Waals surface area contributed by atoms with Crippen LogP contribution in [0.5, 0.6) is 23.0 Å². The zero-order valence-electron chi connectivity index (χ0n) is 50.4. The minimum absolute atomic E-state index is 0.0213. The number of hydrogen-bond acceptors (Lipinski definition) is 20. The van der Waals surface area contributed by atoms with Crippen LogP contribution in [-0.2, 0) is 54.7 Å². The number of para-hydroxylation sites is 2. The van der Waals surface area contributed by atoms with Crippen LogP contribution in [0.4, 0.5) is 0 Å². The van der Waals surface area contributed by atoms with Gasteiger partial charge in [-0.2, -0.15) is 0 Å². The molecule has 0 radical (unpaired) electrons. The van der Waals surface area contributed by atoms with Gasteiger partial charge in [-0.25, -0.2) is 19.0 Å². The third-order valence-corrected chi connectivity index (χ3v) is 14.4. The maximum absolute atomic E-state index is 13.7. The van der Waals surface area contributed by atoms with E-state index in [2.05, 4.69) is 20.6 Å². The Morgan fingerprint density at radius 1 is 0.413 bits per heavy atom. The monoisotopic (exact) mass is 1240 g/mol. The summed E-state index contributed by atoms with van der Waals surface area (Å²) in [7, 11) is 2.64. The second-order valence-corrected chi connectivity index (χ2v) is 20.6. The molecule has 92 heavy (non-hydrogen) atoms. The lowest BCUT2D eigenvalue weighted by molar-refractivity contribution is 0.0333. The van der Waals surface area contributed by atoms with Crippen molar-refractivity contribution in [3.63, 3.8) is 0 Å². The first-order valence-electron chi connectivity index (χ1n) is 29.6. The lowest BCUT2D eigenvalue weighted by atomic mass is 10.1. The molecule has 22 nitrogen and oxygen atoms in total. The number of rotatable bonds is 32. The molecule has 0 bridgehead atoms. The Hall–Kier alpha value is -10.8. The standard InChI is InChI=1S/C70H64N6O16/c1-81-69(79)53-14-7-10-47(40-53)45-89-67-63(77)57-16-3-5-18-61(57)91-65(67)49-20-24-55(25-21-49)87-38-36-85-34-32-83-30-28-75-43-59(71-73-75)51-12-9-13-52(42-51)60-44-76(74-72-60)29-31-84-33-35-86-37-39-88-56-26-22-50(23-27-56)66-68(64(78)58-17-4-6-19-62(58)92-66)90-46-48-11-8-15-54(41-48)70(80)82-2/h3-27,40-44H,28-39,45-46H2,1-2H3. The van der Waals surface area contributed by atoms with Crippen LogP contribution in [0.15, 0.2) is 201 Å². The van der Waals surface area contributed by atoms with Crippen LogP contribution in [0.25, 0.3) is 67.1 Å². The number of esters is 2. The van der Waals surface area contributed by atoms with Gasteiger partial charge < -0.3 is 56.2 Å². The first-order valence-corrected chi connectivity index (χ1v) is 29.6. The van der Waals surface area contributed by atoms with Crippen molar-refractivity contribution >= 4 is 33.9 Å². The van der Waals surface area contributed by atoms with Crippen LogP contribution in [0.3, 0.4) is 0 Å². The fraction of sp³-hybridized carbons (Fsp3) is 0.229. The van der Waals surface area contributed by atoms with E-state index in [-0.39, 0.29) is 47.1 Å². The van der Waals surface area contributed by atoms with Crippen molar-refractivity contribution in [2.24, 2.45) is 0 Å². The zero-order chi connectivity index (χ0) is 63.4. The van der Waals surface area contributed by atoms with E-state index >= 15 is 0 Å². The summed E-state index contributed by atoms with van der Waals surface area (Å²) in [5, 5.41) is 18.1. The average Bonchev–Trinajstić information content (AvgIpc) is 1.60. The van der Waals surface area contributed by atoms with Gasteiger partial charge in [-0.3, -0.25) is 9.59 Å². The van der Waals surface area contributed by atoms with Crippen molar-refractivity contribution in [2.45, 2.75) is 26.3 Å². The van der Waals surface area contributed by atoms with E-state index in [4.69, 9.17) is 56.2 Å². The van der Waals surface area contributed by atoms with E-state index in [1.807, 2.05) is 36.7 Å². The highest BCUT2D eigenvalue weighted by atomic mass is 16.6. The predicted octanol–water partition coefficient (Wildman–Crippen LogP) is 10.7. The average molecular weight is 1250 g/mol. The van der Waals surface area contributed by atoms with Crippen molar-refractivity contribution in [3.8, 4) is 68.2 Å². The van der Waals surface area contributed by atoms with Crippen LogP contribution in [0.2, 0.25) is 0 Å². The Morgan fingerprint density at radius 3 is 1.25 bits per heavy atom. The van der Waals surface area contributed by atoms with Gasteiger partial charge >= 0.3 is 11.9 Å². The molecular formula is C70H64N6O16. The number of hydrogen-bond donors (Lipinski definition) is 0. The first-order chi connectivity index (χ1) is 45.2. The molecule has 0 amide bonds. The largest absolute Gasteiger partial charge is 0.491 e. The molecule has 0 aliphatic heterocycles. The summed E-state index contributed by atoms with van der Waals surface area (Å²) in [6, 6.07) is 49.8. The van der Waals surface area contributed by atoms with Crippen LogP contribution in [0.1, 0.15) is 31.8 Å². The molecule has 0 spiro atoms. The molecule has 0 aliphatic carbocycles. The number of aromatic nitrogens is 6. The van der Waals surface area contributed by atoms with Crippen LogP contribution in [-0.4, -0.2) is 122 Å². The molecule has 0 saturated carbocycles. The molecular weight excluding hydrogens is 1180 g/mol. The lowest BCUT2D eigenvalue weighted by Crippen LogP contribution is -2.13. The van der Waals surface area contributed by atoms with Crippen LogP contribution in [0, 0.1) is 0 Å². The highest BCUT2D eigenvalue weighted by Crippen LogP contribution is 2.35. The van der Waals surface area contributed by atoms with E-state index < -0.39 is 11.9 Å². The summed E-state index contributed by atoms with van der Waals surface area (Å²) in [6.07, 6.45) is 3.74. The molecule has 0 saturated heterocycles. The Balaban J connectivity index is 0.553. The number of carbonyl (C=O) groups excluding carboxylic acids is 2. The molecule has 0 aliphatic rings. The summed E-state index contributed by atoms with van der Waals surface area (Å²) in [4.78, 5) is 51.6. The maximum atomic E-state index is 13.7. The molecule has 22 heteroatoms. The van der Waals surface area contributed by atoms with Crippen molar-refractivity contribution in [2.75, 3.05) is 80.3 Å². The number of fused-ring (bicyclic) bond motifs is 2. The molecule has 0 unspecified atom stereocenters. The number of ether oxygens (including phenoxy) is 10. The molecule has 4 aromatic heterocycles. The molecule has 4 heterocycles. The fourth-order valence-electron chi connectivity index (χ4n) is 9.73. The van der Waals surface area contributed by atoms with E-state index in [0.29, 0.717) is 157 Å². The van der Waals surface area contributed by atoms with E-state index in [9.17, 15) is 19.2 Å². The predicted molar refractivity (Wildman–Crippen MR) is 339 cm³/mol. The second-order valence-electron chi connectivity index (χ2n) is 20.6. The SMILES string of the molecule is COC(=O)c1cccc(COc2c(-c3ccc(OCCOCCOCCn4cc(-c5cccc(-c6cn(CCOCCOCCOc7ccc(-c8oc9ccccc9c(=O)c8OCc8cccc(C(=O)OC)c8)cc7)nn6)c5)nn4)cc3)oc3ccccc3c2=O)c1. The lowest BCUT2D eigenvalue weighted by Gasteiger charge is -2.13. The van der Waals surface area contributed by atoms with Gasteiger partial charge in [0.05, 0.1) is 114 Å². The number of nitrogens with zero attached hydrogens (tertiary/aromatic N) is 6. The molecule has 0 atom stereocenters. The summed E-state index contributed by atoms with van der Waals surface area (Å²) >= 11 is 0. The molecule has 11 rings (SSSR count). The number of benzene rings is 7. The Bertz CT molecular complexity index is 4130. The first kappa shape index (κ1) is 62.8. The van der Waals surface area contributed by atoms with E-state index in [0.717, 1.165) is 11.1 Å². The van der Waals surface area contributed by atoms with Gasteiger partial charge in [-0.1, -0.05) is 77.2 Å². The number of methoxy groups -OCH3 is 2. The third-order valence-electron chi connectivity index (χ3n) is 14.4. The van der Waals surface area contributed by atoms with Gasteiger partial charge in [0.2, 0.25) is 22.4 Å². The molecule has 0 N–H and O–H groups in total. The normalized spacial score (nSPS) is 11.2. The van der Waals surface area contributed by atoms with Crippen molar-refractivity contribution in [1.82, 2.24) is 30.0 Å². The van der Waals surface area contributed by atoms with Crippen molar-refractivity contribution in [3.05, 3.63) is 225 Å². The van der Waals surface area contributed by atoms with E-state index in [1.54, 1.807) is 155 Å². The Morgan fingerprint density at radius 2 is 0.815 bits per heavy atom. The minimum atomic E-state index is -0.470. The molecule has 0 fully saturated rings. The number of carbonyl (C=O) groups is 2. The summed E-state index contributed by atoms with van der Waals surface area (Å²) < 4.78 is 72.8. The fourth-order valence-corrected chi connectivity index (χ4v) is 9.73. The Kier molecular flexibility index (Phi) is 21.2. The van der Waals surface area contributed by atoms with E-state index in [1.165, 1.54) is 14.2 Å². The second kappa shape index (κ2) is 31.1. The highest BCUT2D eigenvalue weighted by Gasteiger charge is 2.21. The van der Waals surface area contributed by atoms with Gasteiger partial charge in [-0.05, 0) is 114 Å². The molecule has 470 valence electrons.